The fourth-order valence-corrected chi connectivity index (χ4v) is 3.98. The molecule has 0 fully saturated rings. The largest absolute Gasteiger partial charge is 0.493 e. The van der Waals surface area contributed by atoms with Crippen LogP contribution in [-0.2, 0) is 21.4 Å². The molecule has 33 heavy (non-hydrogen) atoms. The van der Waals surface area contributed by atoms with Crippen molar-refractivity contribution in [1.29, 1.82) is 0 Å². The number of nitrogens with one attached hydrogen (secondary N) is 1. The van der Waals surface area contributed by atoms with Crippen molar-refractivity contribution in [2.24, 2.45) is 0 Å². The lowest BCUT2D eigenvalue weighted by Gasteiger charge is -2.24. The van der Waals surface area contributed by atoms with Crippen LogP contribution in [0.4, 0.5) is 5.69 Å². The molecule has 0 heterocycles. The lowest BCUT2D eigenvalue weighted by atomic mass is 10.2. The third kappa shape index (κ3) is 6.39. The van der Waals surface area contributed by atoms with Crippen LogP contribution in [0, 0.1) is 0 Å². The average Bonchev–Trinajstić information content (AvgIpc) is 2.81. The number of anilines is 1. The monoisotopic (exact) mass is 470 g/mol. The molecule has 8 nitrogen and oxygen atoms in total. The van der Waals surface area contributed by atoms with Gasteiger partial charge in [-0.1, -0.05) is 36.4 Å². The number of benzene rings is 3. The molecular weight excluding hydrogens is 444 g/mol. The van der Waals surface area contributed by atoms with Gasteiger partial charge in [0.05, 0.1) is 26.2 Å². The molecule has 0 spiro atoms. The highest BCUT2D eigenvalue weighted by Crippen LogP contribution is 2.33. The smallest absolute Gasteiger partial charge is 0.241 e. The molecule has 0 aliphatic rings. The van der Waals surface area contributed by atoms with E-state index in [1.165, 1.54) is 7.11 Å². The summed E-state index contributed by atoms with van der Waals surface area (Å²) in [6, 6.07) is 21.0. The summed E-state index contributed by atoms with van der Waals surface area (Å²) in [7, 11) is -0.707. The Morgan fingerprint density at radius 3 is 2.21 bits per heavy atom. The lowest BCUT2D eigenvalue weighted by Crippen LogP contribution is -2.40. The second kappa shape index (κ2) is 10.7. The van der Waals surface area contributed by atoms with E-state index >= 15 is 0 Å². The van der Waals surface area contributed by atoms with Crippen molar-refractivity contribution in [3.05, 3.63) is 78.4 Å². The first-order valence-corrected chi connectivity index (χ1v) is 11.9. The summed E-state index contributed by atoms with van der Waals surface area (Å²) < 4.78 is 42.5. The Kier molecular flexibility index (Phi) is 7.78. The Labute approximate surface area is 193 Å². The SMILES string of the molecule is COc1ccc(CNC(=O)CN(c2ccccc2Oc2ccccc2)S(C)(=O)=O)cc1OC. The van der Waals surface area contributed by atoms with E-state index in [0.717, 1.165) is 16.1 Å². The topological polar surface area (TPSA) is 94.2 Å². The molecular formula is C24H26N2O6S. The van der Waals surface area contributed by atoms with Gasteiger partial charge in [0.15, 0.2) is 17.2 Å². The van der Waals surface area contributed by atoms with Gasteiger partial charge in [0, 0.05) is 6.54 Å². The molecule has 0 saturated carbocycles. The number of para-hydroxylation sites is 3. The Balaban J connectivity index is 1.76. The zero-order valence-corrected chi connectivity index (χ0v) is 19.5. The van der Waals surface area contributed by atoms with Gasteiger partial charge in [-0.05, 0) is 42.0 Å². The minimum Gasteiger partial charge on any atom is -0.493 e. The highest BCUT2D eigenvalue weighted by Gasteiger charge is 2.24. The number of amides is 1. The van der Waals surface area contributed by atoms with Crippen LogP contribution in [0.3, 0.4) is 0 Å². The number of nitrogens with zero attached hydrogens (tertiary/aromatic N) is 1. The molecule has 0 unspecified atom stereocenters. The molecule has 0 aliphatic carbocycles. The summed E-state index contributed by atoms with van der Waals surface area (Å²) in [5, 5.41) is 2.75. The number of rotatable bonds is 10. The van der Waals surface area contributed by atoms with E-state index in [-0.39, 0.29) is 12.2 Å². The molecule has 3 rings (SSSR count). The van der Waals surface area contributed by atoms with Crippen LogP contribution in [-0.4, -0.2) is 41.3 Å². The molecule has 0 aliphatic heterocycles. The van der Waals surface area contributed by atoms with Crippen LogP contribution in [0.25, 0.3) is 0 Å². The normalized spacial score (nSPS) is 10.9. The third-order valence-electron chi connectivity index (χ3n) is 4.73. The van der Waals surface area contributed by atoms with Gasteiger partial charge in [-0.25, -0.2) is 8.42 Å². The maximum Gasteiger partial charge on any atom is 0.241 e. The molecule has 0 bridgehead atoms. The quantitative estimate of drug-likeness (QED) is 0.487. The summed E-state index contributed by atoms with van der Waals surface area (Å²) in [6.45, 7) is -0.208. The van der Waals surface area contributed by atoms with Gasteiger partial charge < -0.3 is 19.5 Å². The standard InChI is InChI=1S/C24H26N2O6S/c1-30-22-14-13-18(15-23(22)31-2)16-25-24(27)17-26(33(3,28)29)20-11-7-8-12-21(20)32-19-9-5-4-6-10-19/h4-15H,16-17H2,1-3H3,(H,25,27). The fraction of sp³-hybridized carbons (Fsp3) is 0.208. The number of carbonyl (C=O) groups excluding carboxylic acids is 1. The second-order valence-electron chi connectivity index (χ2n) is 7.12. The van der Waals surface area contributed by atoms with Crippen molar-refractivity contribution in [2.45, 2.75) is 6.54 Å². The molecule has 0 atom stereocenters. The number of hydrogen-bond donors (Lipinski definition) is 1. The van der Waals surface area contributed by atoms with E-state index in [1.54, 1.807) is 61.7 Å². The van der Waals surface area contributed by atoms with E-state index in [2.05, 4.69) is 5.32 Å². The maximum absolute atomic E-state index is 12.7. The zero-order chi connectivity index (χ0) is 23.8. The van der Waals surface area contributed by atoms with Crippen molar-refractivity contribution in [1.82, 2.24) is 5.32 Å². The molecule has 1 N–H and O–H groups in total. The van der Waals surface area contributed by atoms with Crippen LogP contribution < -0.4 is 23.8 Å². The maximum atomic E-state index is 12.7. The first-order chi connectivity index (χ1) is 15.8. The molecule has 0 saturated heterocycles. The van der Waals surface area contributed by atoms with E-state index in [0.29, 0.717) is 23.0 Å². The van der Waals surface area contributed by atoms with Crippen LogP contribution in [0.1, 0.15) is 5.56 Å². The second-order valence-corrected chi connectivity index (χ2v) is 9.03. The van der Waals surface area contributed by atoms with Crippen molar-refractivity contribution in [3.8, 4) is 23.0 Å². The van der Waals surface area contributed by atoms with Crippen molar-refractivity contribution >= 4 is 21.6 Å². The zero-order valence-electron chi connectivity index (χ0n) is 18.6. The number of carbonyl (C=O) groups is 1. The minimum absolute atomic E-state index is 0.193. The van der Waals surface area contributed by atoms with Gasteiger partial charge in [-0.15, -0.1) is 0 Å². The van der Waals surface area contributed by atoms with Crippen molar-refractivity contribution < 1.29 is 27.4 Å². The van der Waals surface area contributed by atoms with Gasteiger partial charge in [0.1, 0.15) is 12.3 Å². The van der Waals surface area contributed by atoms with E-state index in [4.69, 9.17) is 14.2 Å². The van der Waals surface area contributed by atoms with Crippen LogP contribution in [0.15, 0.2) is 72.8 Å². The Hall–Kier alpha value is -3.72. The molecule has 9 heteroatoms. The van der Waals surface area contributed by atoms with Gasteiger partial charge in [-0.2, -0.15) is 0 Å². The third-order valence-corrected chi connectivity index (χ3v) is 5.86. The Morgan fingerprint density at radius 2 is 1.55 bits per heavy atom. The number of ether oxygens (including phenoxy) is 3. The predicted molar refractivity (Wildman–Crippen MR) is 127 cm³/mol. The fourth-order valence-electron chi connectivity index (χ4n) is 3.12. The summed E-state index contributed by atoms with van der Waals surface area (Å²) in [6.07, 6.45) is 1.05. The van der Waals surface area contributed by atoms with Gasteiger partial charge in [-0.3, -0.25) is 9.10 Å². The molecule has 0 radical (unpaired) electrons. The van der Waals surface area contributed by atoms with Crippen LogP contribution >= 0.6 is 0 Å². The predicted octanol–water partition coefficient (Wildman–Crippen LogP) is 3.58. The summed E-state index contributed by atoms with van der Waals surface area (Å²) in [5.74, 6) is 1.52. The van der Waals surface area contributed by atoms with Crippen LogP contribution in [0.5, 0.6) is 23.0 Å². The summed E-state index contributed by atoms with van der Waals surface area (Å²) in [4.78, 5) is 12.7. The number of sulfonamides is 1. The summed E-state index contributed by atoms with van der Waals surface area (Å²) in [5.41, 5.74) is 1.05. The number of methoxy groups -OCH3 is 2. The molecule has 1 amide bonds. The average molecular weight is 471 g/mol. The molecule has 174 valence electrons. The minimum atomic E-state index is -3.77. The molecule has 3 aromatic carbocycles. The number of hydrogen-bond acceptors (Lipinski definition) is 6. The van der Waals surface area contributed by atoms with Gasteiger partial charge >= 0.3 is 0 Å². The Bertz CT molecular complexity index is 1200. The first kappa shape index (κ1) is 23.9. The van der Waals surface area contributed by atoms with Crippen molar-refractivity contribution in [2.75, 3.05) is 31.3 Å². The Morgan fingerprint density at radius 1 is 0.879 bits per heavy atom. The van der Waals surface area contributed by atoms with E-state index in [9.17, 15) is 13.2 Å². The first-order valence-electron chi connectivity index (χ1n) is 10.1. The summed E-state index contributed by atoms with van der Waals surface area (Å²) >= 11 is 0. The lowest BCUT2D eigenvalue weighted by molar-refractivity contribution is -0.119. The van der Waals surface area contributed by atoms with Gasteiger partial charge in [0.2, 0.25) is 15.9 Å². The molecule has 3 aromatic rings. The van der Waals surface area contributed by atoms with Crippen LogP contribution in [0.2, 0.25) is 0 Å². The van der Waals surface area contributed by atoms with E-state index in [1.807, 2.05) is 18.2 Å². The molecule has 0 aromatic heterocycles. The van der Waals surface area contributed by atoms with Crippen molar-refractivity contribution in [3.63, 3.8) is 0 Å². The van der Waals surface area contributed by atoms with Gasteiger partial charge in [0.25, 0.3) is 0 Å². The highest BCUT2D eigenvalue weighted by atomic mass is 32.2. The highest BCUT2D eigenvalue weighted by molar-refractivity contribution is 7.92. The van der Waals surface area contributed by atoms with E-state index < -0.39 is 22.5 Å².